The lowest BCUT2D eigenvalue weighted by atomic mass is 10.1. The Morgan fingerprint density at radius 1 is 1.47 bits per heavy atom. The molecule has 2 rings (SSSR count). The van der Waals surface area contributed by atoms with Crippen molar-refractivity contribution >= 4 is 22.5 Å². The van der Waals surface area contributed by atoms with E-state index in [2.05, 4.69) is 17.3 Å². The summed E-state index contributed by atoms with van der Waals surface area (Å²) in [5.41, 5.74) is 2.15. The van der Waals surface area contributed by atoms with E-state index in [0.29, 0.717) is 0 Å². The minimum Gasteiger partial charge on any atom is -0.312 e. The van der Waals surface area contributed by atoms with Crippen LogP contribution in [-0.2, 0) is 7.05 Å². The number of nitrogens with zero attached hydrogens (tertiary/aromatic N) is 2. The van der Waals surface area contributed by atoms with Gasteiger partial charge in [0, 0.05) is 23.5 Å². The number of fused-ring (bicyclic) bond motifs is 1. The van der Waals surface area contributed by atoms with Gasteiger partial charge in [-0.05, 0) is 32.2 Å². The number of nitrogens with one attached hydrogen (secondary N) is 1. The summed E-state index contributed by atoms with van der Waals surface area (Å²) in [4.78, 5) is 0. The maximum atomic E-state index is 5.99. The third-order valence-electron chi connectivity index (χ3n) is 2.68. The summed E-state index contributed by atoms with van der Waals surface area (Å²) < 4.78 is 1.88. The molecule has 0 aliphatic carbocycles. The van der Waals surface area contributed by atoms with Gasteiger partial charge in [0.05, 0.1) is 11.2 Å². The van der Waals surface area contributed by atoms with E-state index in [-0.39, 0.29) is 6.04 Å². The molecule has 3 nitrogen and oxygen atoms in total. The molecule has 0 bridgehead atoms. The molecule has 0 spiro atoms. The van der Waals surface area contributed by atoms with Gasteiger partial charge in [0.2, 0.25) is 0 Å². The summed E-state index contributed by atoms with van der Waals surface area (Å²) in [6.45, 7) is 2.09. The van der Waals surface area contributed by atoms with E-state index < -0.39 is 0 Å². The van der Waals surface area contributed by atoms with E-state index >= 15 is 0 Å². The average Bonchev–Trinajstić information content (AvgIpc) is 2.54. The highest BCUT2D eigenvalue weighted by atomic mass is 35.5. The zero-order valence-corrected chi connectivity index (χ0v) is 9.84. The minimum absolute atomic E-state index is 0.229. The van der Waals surface area contributed by atoms with Crippen LogP contribution in [0.15, 0.2) is 18.2 Å². The number of aromatic nitrogens is 2. The fraction of sp³-hybridized carbons (Fsp3) is 0.364. The first-order valence-electron chi connectivity index (χ1n) is 4.93. The topological polar surface area (TPSA) is 29.9 Å². The maximum absolute atomic E-state index is 5.99. The highest BCUT2D eigenvalue weighted by molar-refractivity contribution is 6.31. The summed E-state index contributed by atoms with van der Waals surface area (Å²) in [6.07, 6.45) is 0. The lowest BCUT2D eigenvalue weighted by Gasteiger charge is -2.06. The van der Waals surface area contributed by atoms with Crippen molar-refractivity contribution in [1.82, 2.24) is 15.1 Å². The minimum atomic E-state index is 0.229. The molecule has 1 aromatic heterocycles. The van der Waals surface area contributed by atoms with Crippen molar-refractivity contribution in [2.24, 2.45) is 7.05 Å². The van der Waals surface area contributed by atoms with Crippen LogP contribution in [0.2, 0.25) is 5.02 Å². The Morgan fingerprint density at radius 2 is 2.20 bits per heavy atom. The fourth-order valence-corrected chi connectivity index (χ4v) is 1.89. The van der Waals surface area contributed by atoms with Crippen molar-refractivity contribution < 1.29 is 0 Å². The summed E-state index contributed by atoms with van der Waals surface area (Å²) in [5.74, 6) is 0. The molecule has 1 atom stereocenters. The molecule has 80 valence electrons. The standard InChI is InChI=1S/C11H14ClN3/c1-7(13-2)11-9-6-8(12)4-5-10(9)15(3)14-11/h4-7,13H,1-3H3. The van der Waals surface area contributed by atoms with E-state index in [1.54, 1.807) is 0 Å². The molecule has 0 aliphatic heterocycles. The Hall–Kier alpha value is -1.06. The Balaban J connectivity index is 2.69. The van der Waals surface area contributed by atoms with Crippen LogP contribution in [0, 0.1) is 0 Å². The van der Waals surface area contributed by atoms with Crippen LogP contribution >= 0.6 is 11.6 Å². The highest BCUT2D eigenvalue weighted by Gasteiger charge is 2.13. The predicted molar refractivity (Wildman–Crippen MR) is 63.2 cm³/mol. The Labute approximate surface area is 94.0 Å². The van der Waals surface area contributed by atoms with E-state index in [1.807, 2.05) is 37.0 Å². The molecule has 0 amide bonds. The molecule has 1 heterocycles. The first kappa shape index (κ1) is 10.5. The van der Waals surface area contributed by atoms with Crippen molar-refractivity contribution in [3.8, 4) is 0 Å². The predicted octanol–water partition coefficient (Wildman–Crippen LogP) is 2.51. The first-order chi connectivity index (χ1) is 7.13. The van der Waals surface area contributed by atoms with Gasteiger partial charge >= 0.3 is 0 Å². The van der Waals surface area contributed by atoms with Gasteiger partial charge in [-0.3, -0.25) is 4.68 Å². The molecule has 15 heavy (non-hydrogen) atoms. The lowest BCUT2D eigenvalue weighted by molar-refractivity contribution is 0.617. The molecule has 0 saturated carbocycles. The van der Waals surface area contributed by atoms with E-state index in [9.17, 15) is 0 Å². The van der Waals surface area contributed by atoms with Crippen molar-refractivity contribution in [1.29, 1.82) is 0 Å². The smallest absolute Gasteiger partial charge is 0.0870 e. The number of hydrogen-bond acceptors (Lipinski definition) is 2. The quantitative estimate of drug-likeness (QED) is 0.848. The molecule has 0 saturated heterocycles. The van der Waals surface area contributed by atoms with Gasteiger partial charge in [0.25, 0.3) is 0 Å². The SMILES string of the molecule is CNC(C)c1nn(C)c2ccc(Cl)cc12. The fourth-order valence-electron chi connectivity index (χ4n) is 1.72. The summed E-state index contributed by atoms with van der Waals surface area (Å²) in [6, 6.07) is 6.08. The second-order valence-electron chi connectivity index (χ2n) is 3.68. The molecule has 1 unspecified atom stereocenters. The van der Waals surface area contributed by atoms with Gasteiger partial charge < -0.3 is 5.32 Å². The number of benzene rings is 1. The summed E-state index contributed by atoms with van der Waals surface area (Å²) in [5, 5.41) is 9.55. The molecule has 2 aromatic rings. The lowest BCUT2D eigenvalue weighted by Crippen LogP contribution is -2.13. The van der Waals surface area contributed by atoms with Gasteiger partial charge in [0.15, 0.2) is 0 Å². The van der Waals surface area contributed by atoms with Crippen LogP contribution in [-0.4, -0.2) is 16.8 Å². The Kier molecular flexibility index (Phi) is 2.67. The number of halogens is 1. The average molecular weight is 224 g/mol. The van der Waals surface area contributed by atoms with E-state index in [4.69, 9.17) is 11.6 Å². The molecule has 0 radical (unpaired) electrons. The Bertz CT molecular complexity index is 490. The molecule has 1 aromatic carbocycles. The second-order valence-corrected chi connectivity index (χ2v) is 4.12. The molecule has 1 N–H and O–H groups in total. The zero-order valence-electron chi connectivity index (χ0n) is 9.08. The second kappa shape index (κ2) is 3.83. The van der Waals surface area contributed by atoms with Gasteiger partial charge in [-0.1, -0.05) is 11.6 Å². The van der Waals surface area contributed by atoms with Crippen molar-refractivity contribution in [3.63, 3.8) is 0 Å². The largest absolute Gasteiger partial charge is 0.312 e. The van der Waals surface area contributed by atoms with E-state index in [0.717, 1.165) is 21.6 Å². The van der Waals surface area contributed by atoms with Gasteiger partial charge in [-0.25, -0.2) is 0 Å². The normalized spacial score (nSPS) is 13.3. The maximum Gasteiger partial charge on any atom is 0.0870 e. The van der Waals surface area contributed by atoms with Crippen molar-refractivity contribution in [2.45, 2.75) is 13.0 Å². The summed E-state index contributed by atoms with van der Waals surface area (Å²) in [7, 11) is 3.87. The first-order valence-corrected chi connectivity index (χ1v) is 5.30. The summed E-state index contributed by atoms with van der Waals surface area (Å²) >= 11 is 5.99. The highest BCUT2D eigenvalue weighted by Crippen LogP contribution is 2.25. The molecular formula is C11H14ClN3. The molecule has 0 fully saturated rings. The van der Waals surface area contributed by atoms with Gasteiger partial charge in [-0.2, -0.15) is 5.10 Å². The number of rotatable bonds is 2. The van der Waals surface area contributed by atoms with Crippen LogP contribution in [0.5, 0.6) is 0 Å². The van der Waals surface area contributed by atoms with Crippen LogP contribution in [0.4, 0.5) is 0 Å². The van der Waals surface area contributed by atoms with Gasteiger partial charge in [0.1, 0.15) is 0 Å². The molecule has 4 heteroatoms. The van der Waals surface area contributed by atoms with Crippen LogP contribution in [0.25, 0.3) is 10.9 Å². The van der Waals surface area contributed by atoms with Crippen molar-refractivity contribution in [3.05, 3.63) is 28.9 Å². The number of hydrogen-bond donors (Lipinski definition) is 1. The third kappa shape index (κ3) is 1.73. The molecule has 0 aliphatic rings. The Morgan fingerprint density at radius 3 is 2.87 bits per heavy atom. The zero-order chi connectivity index (χ0) is 11.0. The van der Waals surface area contributed by atoms with Crippen LogP contribution in [0.1, 0.15) is 18.7 Å². The monoisotopic (exact) mass is 223 g/mol. The van der Waals surface area contributed by atoms with Crippen LogP contribution < -0.4 is 5.32 Å². The van der Waals surface area contributed by atoms with Crippen molar-refractivity contribution in [2.75, 3.05) is 7.05 Å². The number of aryl methyl sites for hydroxylation is 1. The van der Waals surface area contributed by atoms with E-state index in [1.165, 1.54) is 0 Å². The molecular weight excluding hydrogens is 210 g/mol. The van der Waals surface area contributed by atoms with Crippen LogP contribution in [0.3, 0.4) is 0 Å². The van der Waals surface area contributed by atoms with Gasteiger partial charge in [-0.15, -0.1) is 0 Å². The third-order valence-corrected chi connectivity index (χ3v) is 2.92.